The number of aromatic amines is 1. The molecule has 2 N–H and O–H groups in total. The van der Waals surface area contributed by atoms with Crippen LogP contribution in [0, 0.1) is 6.92 Å². The van der Waals surface area contributed by atoms with E-state index in [4.69, 9.17) is 11.6 Å². The number of aromatic nitrogens is 5. The minimum atomic E-state index is -0.247. The molecule has 1 atom stereocenters. The molecular formula is C23H19ClN6O. The van der Waals surface area contributed by atoms with Crippen molar-refractivity contribution in [3.05, 3.63) is 87.7 Å². The predicted molar refractivity (Wildman–Crippen MR) is 123 cm³/mol. The number of hydrogen-bond acceptors (Lipinski definition) is 5. The van der Waals surface area contributed by atoms with Crippen LogP contribution in [0.1, 0.15) is 24.4 Å². The molecule has 0 aliphatic carbocycles. The minimum Gasteiger partial charge on any atom is -0.361 e. The Labute approximate surface area is 182 Å². The quantitative estimate of drug-likeness (QED) is 0.428. The fourth-order valence-corrected chi connectivity index (χ4v) is 4.15. The van der Waals surface area contributed by atoms with Crippen LogP contribution in [-0.4, -0.2) is 24.7 Å². The number of pyridine rings is 1. The molecule has 0 unspecified atom stereocenters. The molecule has 5 aromatic rings. The zero-order chi connectivity index (χ0) is 21.5. The van der Waals surface area contributed by atoms with Crippen molar-refractivity contribution < 1.29 is 0 Å². The standard InChI is InChI=1S/C23H19ClN6O/c1-13(27-21-19-14(2)28-29-22(19)26-12-25-21)18-11-15-7-6-10-17(24)20(15)23(31)30(18)16-8-4-3-5-9-16/h3-13H,1-2H3,(H2,25,26,27,28,29)/t13-/m0/s1. The lowest BCUT2D eigenvalue weighted by Crippen LogP contribution is -2.25. The second kappa shape index (κ2) is 7.52. The minimum absolute atomic E-state index is 0.162. The number of nitrogens with zero attached hydrogens (tertiary/aromatic N) is 4. The summed E-state index contributed by atoms with van der Waals surface area (Å²) in [5.41, 5.74) is 2.86. The Morgan fingerprint density at radius 1 is 1.06 bits per heavy atom. The molecule has 3 aromatic heterocycles. The second-order valence-corrected chi connectivity index (χ2v) is 7.79. The number of H-pyrrole nitrogens is 1. The lowest BCUT2D eigenvalue weighted by Gasteiger charge is -2.22. The van der Waals surface area contributed by atoms with Crippen molar-refractivity contribution >= 4 is 39.2 Å². The van der Waals surface area contributed by atoms with Crippen molar-refractivity contribution in [1.82, 2.24) is 24.7 Å². The zero-order valence-corrected chi connectivity index (χ0v) is 17.7. The summed E-state index contributed by atoms with van der Waals surface area (Å²) in [7, 11) is 0. The third kappa shape index (κ3) is 3.23. The third-order valence-corrected chi connectivity index (χ3v) is 5.68. The normalized spacial score (nSPS) is 12.4. The van der Waals surface area contributed by atoms with Gasteiger partial charge in [0, 0.05) is 17.1 Å². The van der Waals surface area contributed by atoms with Crippen LogP contribution in [0.2, 0.25) is 5.02 Å². The largest absolute Gasteiger partial charge is 0.361 e. The van der Waals surface area contributed by atoms with Gasteiger partial charge in [0.25, 0.3) is 5.56 Å². The average Bonchev–Trinajstić information content (AvgIpc) is 3.16. The van der Waals surface area contributed by atoms with Crippen molar-refractivity contribution in [2.45, 2.75) is 19.9 Å². The summed E-state index contributed by atoms with van der Waals surface area (Å²) < 4.78 is 1.70. The Kier molecular flexibility index (Phi) is 4.67. The van der Waals surface area contributed by atoms with Crippen LogP contribution in [0.3, 0.4) is 0 Å². The summed E-state index contributed by atoms with van der Waals surface area (Å²) in [6, 6.07) is 16.8. The van der Waals surface area contributed by atoms with Crippen LogP contribution in [0.5, 0.6) is 0 Å². The number of benzene rings is 2. The van der Waals surface area contributed by atoms with Gasteiger partial charge in [0.15, 0.2) is 5.65 Å². The number of para-hydroxylation sites is 1. The molecule has 154 valence electrons. The Morgan fingerprint density at radius 2 is 1.87 bits per heavy atom. The van der Waals surface area contributed by atoms with Crippen LogP contribution in [0.25, 0.3) is 27.5 Å². The maximum atomic E-state index is 13.6. The van der Waals surface area contributed by atoms with Crippen LogP contribution in [0.4, 0.5) is 5.82 Å². The van der Waals surface area contributed by atoms with Crippen molar-refractivity contribution in [2.75, 3.05) is 5.32 Å². The molecule has 2 aromatic carbocycles. The summed E-state index contributed by atoms with van der Waals surface area (Å²) in [5.74, 6) is 0.655. The monoisotopic (exact) mass is 430 g/mol. The van der Waals surface area contributed by atoms with E-state index in [1.807, 2.05) is 62.4 Å². The van der Waals surface area contributed by atoms with Crippen molar-refractivity contribution in [2.24, 2.45) is 0 Å². The van der Waals surface area contributed by atoms with Gasteiger partial charge in [-0.2, -0.15) is 5.10 Å². The van der Waals surface area contributed by atoms with Gasteiger partial charge < -0.3 is 5.32 Å². The first kappa shape index (κ1) is 19.3. The molecule has 0 spiro atoms. The Balaban J connectivity index is 1.71. The molecule has 31 heavy (non-hydrogen) atoms. The van der Waals surface area contributed by atoms with Gasteiger partial charge >= 0.3 is 0 Å². The number of halogens is 1. The van der Waals surface area contributed by atoms with Crippen LogP contribution in [0.15, 0.2) is 65.7 Å². The first-order chi connectivity index (χ1) is 15.0. The van der Waals surface area contributed by atoms with E-state index in [0.717, 1.165) is 27.8 Å². The molecule has 7 nitrogen and oxygen atoms in total. The van der Waals surface area contributed by atoms with Gasteiger partial charge in [-0.05, 0) is 43.5 Å². The number of hydrogen-bond donors (Lipinski definition) is 2. The van der Waals surface area contributed by atoms with Crippen LogP contribution in [-0.2, 0) is 0 Å². The second-order valence-electron chi connectivity index (χ2n) is 7.38. The van der Waals surface area contributed by atoms with Gasteiger partial charge in [-0.15, -0.1) is 0 Å². The molecule has 8 heteroatoms. The van der Waals surface area contributed by atoms with Crippen molar-refractivity contribution in [1.29, 1.82) is 0 Å². The first-order valence-electron chi connectivity index (χ1n) is 9.86. The molecule has 0 radical (unpaired) electrons. The van der Waals surface area contributed by atoms with Crippen LogP contribution >= 0.6 is 11.6 Å². The number of rotatable bonds is 4. The number of fused-ring (bicyclic) bond motifs is 2. The zero-order valence-electron chi connectivity index (χ0n) is 16.9. The van der Waals surface area contributed by atoms with E-state index in [2.05, 4.69) is 25.5 Å². The third-order valence-electron chi connectivity index (χ3n) is 5.37. The molecule has 3 heterocycles. The molecule has 0 saturated carbocycles. The summed E-state index contributed by atoms with van der Waals surface area (Å²) >= 11 is 6.40. The molecule has 0 aliphatic rings. The van der Waals surface area contributed by atoms with E-state index in [9.17, 15) is 4.79 Å². The maximum Gasteiger partial charge on any atom is 0.264 e. The highest BCUT2D eigenvalue weighted by Gasteiger charge is 2.19. The fourth-order valence-electron chi connectivity index (χ4n) is 3.89. The van der Waals surface area contributed by atoms with Gasteiger partial charge in [0.05, 0.1) is 21.8 Å². The first-order valence-corrected chi connectivity index (χ1v) is 10.2. The summed E-state index contributed by atoms with van der Waals surface area (Å²) in [6.45, 7) is 3.92. The topological polar surface area (TPSA) is 88.5 Å². The molecular weight excluding hydrogens is 412 g/mol. The van der Waals surface area contributed by atoms with E-state index in [0.29, 0.717) is 21.9 Å². The molecule has 0 bridgehead atoms. The maximum absolute atomic E-state index is 13.6. The van der Waals surface area contributed by atoms with E-state index in [1.54, 1.807) is 10.6 Å². The lowest BCUT2D eigenvalue weighted by atomic mass is 10.1. The smallest absolute Gasteiger partial charge is 0.264 e. The SMILES string of the molecule is Cc1[nH]nc2ncnc(N[C@@H](C)c3cc4cccc(Cl)c4c(=O)n3-c3ccccc3)c12. The number of anilines is 1. The molecule has 0 saturated heterocycles. The van der Waals surface area contributed by atoms with Crippen molar-refractivity contribution in [3.63, 3.8) is 0 Å². The lowest BCUT2D eigenvalue weighted by molar-refractivity contribution is 0.774. The predicted octanol–water partition coefficient (Wildman–Crippen LogP) is 4.79. The van der Waals surface area contributed by atoms with Gasteiger partial charge in [0.1, 0.15) is 12.1 Å². The Morgan fingerprint density at radius 3 is 2.68 bits per heavy atom. The van der Waals surface area contributed by atoms with Gasteiger partial charge in [0.2, 0.25) is 0 Å². The van der Waals surface area contributed by atoms with Gasteiger partial charge in [-0.25, -0.2) is 9.97 Å². The van der Waals surface area contributed by atoms with Gasteiger partial charge in [-0.3, -0.25) is 14.5 Å². The number of aryl methyl sites for hydroxylation is 1. The molecule has 5 rings (SSSR count). The summed E-state index contributed by atoms with van der Waals surface area (Å²) in [6.07, 6.45) is 1.47. The fraction of sp³-hybridized carbons (Fsp3) is 0.130. The van der Waals surface area contributed by atoms with E-state index < -0.39 is 0 Å². The highest BCUT2D eigenvalue weighted by molar-refractivity contribution is 6.35. The number of nitrogens with one attached hydrogen (secondary N) is 2. The summed E-state index contributed by atoms with van der Waals surface area (Å²) in [4.78, 5) is 22.2. The molecule has 0 aliphatic heterocycles. The summed E-state index contributed by atoms with van der Waals surface area (Å²) in [5, 5.41) is 13.1. The van der Waals surface area contributed by atoms with E-state index in [-0.39, 0.29) is 11.6 Å². The Hall–Kier alpha value is -3.71. The Bertz CT molecular complexity index is 1470. The van der Waals surface area contributed by atoms with Crippen molar-refractivity contribution in [3.8, 4) is 5.69 Å². The average molecular weight is 431 g/mol. The van der Waals surface area contributed by atoms with Gasteiger partial charge in [-0.1, -0.05) is 41.9 Å². The molecule has 0 fully saturated rings. The molecule has 0 amide bonds. The van der Waals surface area contributed by atoms with E-state index in [1.165, 1.54) is 6.33 Å². The highest BCUT2D eigenvalue weighted by Crippen LogP contribution is 2.29. The van der Waals surface area contributed by atoms with Crippen LogP contribution < -0.4 is 10.9 Å². The highest BCUT2D eigenvalue weighted by atomic mass is 35.5. The van der Waals surface area contributed by atoms with E-state index >= 15 is 0 Å².